The van der Waals surface area contributed by atoms with Gasteiger partial charge in [0.25, 0.3) is 0 Å². The van der Waals surface area contributed by atoms with Crippen LogP contribution in [-0.2, 0) is 6.42 Å². The third kappa shape index (κ3) is 2.78. The van der Waals surface area contributed by atoms with Gasteiger partial charge >= 0.3 is 0 Å². The number of hydrogen-bond donors (Lipinski definition) is 1. The Morgan fingerprint density at radius 1 is 1.17 bits per heavy atom. The SMILES string of the molecule is CCOc1ccc(-c2ccc3c(c2)CC2CCNCCN32)c(C)c1. The lowest BCUT2D eigenvalue weighted by molar-refractivity contribution is 0.340. The minimum absolute atomic E-state index is 0.673. The number of nitrogens with zero attached hydrogens (tertiary/aromatic N) is 1. The molecular weight excluding hydrogens is 296 g/mol. The van der Waals surface area contributed by atoms with E-state index in [1.807, 2.05) is 6.92 Å². The fourth-order valence-corrected chi connectivity index (χ4v) is 4.13. The van der Waals surface area contributed by atoms with Crippen LogP contribution in [0.1, 0.15) is 24.5 Å². The molecular formula is C21H26N2O. The Kier molecular flexibility index (Phi) is 4.19. The zero-order valence-electron chi connectivity index (χ0n) is 14.6. The lowest BCUT2D eigenvalue weighted by Crippen LogP contribution is -2.32. The number of ether oxygens (including phenoxy) is 1. The first-order valence-electron chi connectivity index (χ1n) is 9.10. The summed E-state index contributed by atoms with van der Waals surface area (Å²) in [5.74, 6) is 0.959. The van der Waals surface area contributed by atoms with E-state index in [2.05, 4.69) is 53.5 Å². The van der Waals surface area contributed by atoms with Crippen molar-refractivity contribution in [3.05, 3.63) is 47.5 Å². The number of nitrogens with one attached hydrogen (secondary N) is 1. The second-order valence-corrected chi connectivity index (χ2v) is 6.84. The molecule has 3 heteroatoms. The smallest absolute Gasteiger partial charge is 0.119 e. The van der Waals surface area contributed by atoms with Gasteiger partial charge in [-0.05, 0) is 79.8 Å². The van der Waals surface area contributed by atoms with Gasteiger partial charge in [-0.3, -0.25) is 0 Å². The first kappa shape index (κ1) is 15.5. The number of rotatable bonds is 3. The predicted molar refractivity (Wildman–Crippen MR) is 100 cm³/mol. The van der Waals surface area contributed by atoms with Gasteiger partial charge < -0.3 is 15.0 Å². The Labute approximate surface area is 144 Å². The standard InChI is InChI=1S/C21H26N2O/c1-3-24-19-5-6-20(15(2)12-19)16-4-7-21-17(13-16)14-18-8-9-22-10-11-23(18)21/h4-7,12-13,18,22H,3,8-11,14H2,1-2H3. The summed E-state index contributed by atoms with van der Waals surface area (Å²) in [4.78, 5) is 2.60. The Morgan fingerprint density at radius 2 is 2.08 bits per heavy atom. The third-order valence-corrected chi connectivity index (χ3v) is 5.29. The van der Waals surface area contributed by atoms with E-state index in [-0.39, 0.29) is 0 Å². The van der Waals surface area contributed by atoms with Crippen LogP contribution in [-0.4, -0.2) is 32.3 Å². The van der Waals surface area contributed by atoms with Crippen LogP contribution in [0.3, 0.4) is 0 Å². The molecule has 2 aromatic rings. The van der Waals surface area contributed by atoms with Crippen molar-refractivity contribution in [3.63, 3.8) is 0 Å². The lowest BCUT2D eigenvalue weighted by Gasteiger charge is -2.24. The van der Waals surface area contributed by atoms with Crippen LogP contribution >= 0.6 is 0 Å². The first-order valence-corrected chi connectivity index (χ1v) is 9.10. The third-order valence-electron chi connectivity index (χ3n) is 5.29. The Balaban J connectivity index is 1.65. The van der Waals surface area contributed by atoms with Gasteiger partial charge in [0.1, 0.15) is 5.75 Å². The number of aryl methyl sites for hydroxylation is 1. The van der Waals surface area contributed by atoms with Crippen molar-refractivity contribution in [1.82, 2.24) is 5.32 Å². The van der Waals surface area contributed by atoms with Crippen LogP contribution in [0.5, 0.6) is 5.75 Å². The summed E-state index contributed by atoms with van der Waals surface area (Å²) in [7, 11) is 0. The zero-order valence-corrected chi connectivity index (χ0v) is 14.6. The van der Waals surface area contributed by atoms with Crippen molar-refractivity contribution >= 4 is 5.69 Å². The molecule has 0 bridgehead atoms. The molecule has 4 rings (SSSR count). The van der Waals surface area contributed by atoms with Gasteiger partial charge in [-0.1, -0.05) is 12.1 Å². The van der Waals surface area contributed by atoms with Crippen molar-refractivity contribution in [1.29, 1.82) is 0 Å². The predicted octanol–water partition coefficient (Wildman–Crippen LogP) is 3.79. The molecule has 2 aliphatic heterocycles. The van der Waals surface area contributed by atoms with Crippen molar-refractivity contribution < 1.29 is 4.74 Å². The van der Waals surface area contributed by atoms with Crippen molar-refractivity contribution in [2.24, 2.45) is 0 Å². The summed E-state index contributed by atoms with van der Waals surface area (Å²) in [5, 5.41) is 3.51. The quantitative estimate of drug-likeness (QED) is 0.930. The molecule has 126 valence electrons. The summed E-state index contributed by atoms with van der Waals surface area (Å²) in [6.07, 6.45) is 2.42. The van der Waals surface area contributed by atoms with Crippen molar-refractivity contribution in [2.45, 2.75) is 32.7 Å². The van der Waals surface area contributed by atoms with Crippen LogP contribution in [0, 0.1) is 6.92 Å². The number of hydrogen-bond acceptors (Lipinski definition) is 3. The van der Waals surface area contributed by atoms with Gasteiger partial charge in [-0.25, -0.2) is 0 Å². The van der Waals surface area contributed by atoms with Gasteiger partial charge in [0.15, 0.2) is 0 Å². The molecule has 2 aromatic carbocycles. The van der Waals surface area contributed by atoms with Gasteiger partial charge in [-0.15, -0.1) is 0 Å². The van der Waals surface area contributed by atoms with E-state index in [1.165, 1.54) is 40.8 Å². The minimum Gasteiger partial charge on any atom is -0.494 e. The summed E-state index contributed by atoms with van der Waals surface area (Å²) in [5.41, 5.74) is 6.86. The average Bonchev–Trinajstić information content (AvgIpc) is 2.75. The molecule has 1 saturated heterocycles. The van der Waals surface area contributed by atoms with Gasteiger partial charge in [0.05, 0.1) is 6.61 Å². The van der Waals surface area contributed by atoms with E-state index in [0.29, 0.717) is 12.6 Å². The molecule has 1 unspecified atom stereocenters. The lowest BCUT2D eigenvalue weighted by atomic mass is 9.97. The molecule has 1 N–H and O–H groups in total. The summed E-state index contributed by atoms with van der Waals surface area (Å²) in [6.45, 7) is 8.26. The van der Waals surface area contributed by atoms with E-state index < -0.39 is 0 Å². The van der Waals surface area contributed by atoms with E-state index >= 15 is 0 Å². The average molecular weight is 322 g/mol. The molecule has 1 atom stereocenters. The summed E-state index contributed by atoms with van der Waals surface area (Å²) >= 11 is 0. The van der Waals surface area contributed by atoms with E-state index in [1.54, 1.807) is 0 Å². The maximum atomic E-state index is 5.61. The van der Waals surface area contributed by atoms with Crippen molar-refractivity contribution in [3.8, 4) is 16.9 Å². The molecule has 0 radical (unpaired) electrons. The number of fused-ring (bicyclic) bond motifs is 3. The second-order valence-electron chi connectivity index (χ2n) is 6.84. The molecule has 3 nitrogen and oxygen atoms in total. The molecule has 0 amide bonds. The molecule has 0 aromatic heterocycles. The van der Waals surface area contributed by atoms with Gasteiger partial charge in [-0.2, -0.15) is 0 Å². The molecule has 2 aliphatic rings. The monoisotopic (exact) mass is 322 g/mol. The molecule has 0 aliphatic carbocycles. The Morgan fingerprint density at radius 3 is 2.92 bits per heavy atom. The maximum absolute atomic E-state index is 5.61. The second kappa shape index (κ2) is 6.48. The fourth-order valence-electron chi connectivity index (χ4n) is 4.13. The zero-order chi connectivity index (χ0) is 16.5. The highest BCUT2D eigenvalue weighted by Crippen LogP contribution is 2.37. The normalized spacial score (nSPS) is 19.6. The van der Waals surface area contributed by atoms with Crippen LogP contribution < -0.4 is 15.0 Å². The first-order chi connectivity index (χ1) is 11.8. The fraction of sp³-hybridized carbons (Fsp3) is 0.429. The Hall–Kier alpha value is -2.00. The molecule has 24 heavy (non-hydrogen) atoms. The number of benzene rings is 2. The summed E-state index contributed by atoms with van der Waals surface area (Å²) < 4.78 is 5.61. The topological polar surface area (TPSA) is 24.5 Å². The van der Waals surface area contributed by atoms with Gasteiger partial charge in [0.2, 0.25) is 0 Å². The summed E-state index contributed by atoms with van der Waals surface area (Å²) in [6, 6.07) is 14.1. The van der Waals surface area contributed by atoms with Gasteiger partial charge in [0, 0.05) is 24.8 Å². The number of anilines is 1. The molecule has 0 spiro atoms. The van der Waals surface area contributed by atoms with E-state index in [4.69, 9.17) is 4.74 Å². The molecule has 1 fully saturated rings. The minimum atomic E-state index is 0.673. The van der Waals surface area contributed by atoms with Crippen LogP contribution in [0.25, 0.3) is 11.1 Å². The van der Waals surface area contributed by atoms with Crippen molar-refractivity contribution in [2.75, 3.05) is 31.1 Å². The molecule has 2 heterocycles. The highest BCUT2D eigenvalue weighted by Gasteiger charge is 2.30. The van der Waals surface area contributed by atoms with E-state index in [0.717, 1.165) is 25.4 Å². The van der Waals surface area contributed by atoms with Crippen LogP contribution in [0.4, 0.5) is 5.69 Å². The highest BCUT2D eigenvalue weighted by molar-refractivity contribution is 5.73. The largest absolute Gasteiger partial charge is 0.494 e. The van der Waals surface area contributed by atoms with E-state index in [9.17, 15) is 0 Å². The highest BCUT2D eigenvalue weighted by atomic mass is 16.5. The molecule has 0 saturated carbocycles. The Bertz CT molecular complexity index is 741. The van der Waals surface area contributed by atoms with Crippen LogP contribution in [0.15, 0.2) is 36.4 Å². The van der Waals surface area contributed by atoms with Crippen LogP contribution in [0.2, 0.25) is 0 Å². The maximum Gasteiger partial charge on any atom is 0.119 e.